The molecule has 0 radical (unpaired) electrons. The Morgan fingerprint density at radius 3 is 2.42 bits per heavy atom. The number of hydrogen-bond acceptors (Lipinski definition) is 2. The molecule has 138 valence electrons. The summed E-state index contributed by atoms with van der Waals surface area (Å²) in [5, 5.41) is 9.56. The van der Waals surface area contributed by atoms with E-state index in [4.69, 9.17) is 58.6 Å². The third kappa shape index (κ3) is 6.18. The van der Waals surface area contributed by atoms with Gasteiger partial charge in [0.25, 0.3) is 5.91 Å². The number of alkyl halides is 2. The van der Waals surface area contributed by atoms with Crippen molar-refractivity contribution in [2.75, 3.05) is 5.32 Å². The van der Waals surface area contributed by atoms with E-state index in [1.54, 1.807) is 36.4 Å². The monoisotopic (exact) mass is 449 g/mol. The Labute approximate surface area is 177 Å². The Morgan fingerprint density at radius 1 is 1.08 bits per heavy atom. The van der Waals surface area contributed by atoms with Crippen molar-refractivity contribution < 1.29 is 4.79 Å². The number of nitrogens with one attached hydrogen (secondary N) is 3. The number of thiocarbonyl (C=S) groups is 1. The van der Waals surface area contributed by atoms with Gasteiger partial charge in [0.2, 0.25) is 0 Å². The lowest BCUT2D eigenvalue weighted by molar-refractivity contribution is 0.0936. The Bertz CT molecular complexity index is 816. The largest absolute Gasteiger partial charge is 0.340 e. The first-order valence-corrected chi connectivity index (χ1v) is 9.48. The number of rotatable bonds is 5. The number of halogens is 4. The number of hydrogen-bond donors (Lipinski definition) is 3. The molecule has 2 aromatic rings. The zero-order chi connectivity index (χ0) is 19.3. The predicted molar refractivity (Wildman–Crippen MR) is 114 cm³/mol. The maximum absolute atomic E-state index is 12.4. The van der Waals surface area contributed by atoms with Crippen molar-refractivity contribution >= 4 is 75.3 Å². The fraction of sp³-hybridized carbons (Fsp3) is 0.176. The third-order valence-electron chi connectivity index (χ3n) is 3.28. The molecule has 2 rings (SSSR count). The normalized spacial score (nSPS) is 11.8. The molecule has 0 saturated heterocycles. The Hall–Kier alpha value is -1.24. The quantitative estimate of drug-likeness (QED) is 0.335. The lowest BCUT2D eigenvalue weighted by Gasteiger charge is -2.23. The summed E-state index contributed by atoms with van der Waals surface area (Å²) in [7, 11) is 0. The summed E-state index contributed by atoms with van der Waals surface area (Å²) in [6.45, 7) is 1.90. The van der Waals surface area contributed by atoms with E-state index in [-0.39, 0.29) is 11.0 Å². The molecule has 2 aromatic carbocycles. The molecule has 0 bridgehead atoms. The smallest absolute Gasteiger partial charge is 0.252 e. The van der Waals surface area contributed by atoms with Crippen LogP contribution in [0.4, 0.5) is 5.69 Å². The average Bonchev–Trinajstić information content (AvgIpc) is 2.56. The first kappa shape index (κ1) is 21.1. The summed E-state index contributed by atoms with van der Waals surface area (Å²) in [4.78, 5) is 11.4. The molecular weight excluding hydrogens is 436 g/mol. The Kier molecular flexibility index (Phi) is 7.80. The molecule has 0 aliphatic carbocycles. The molecule has 0 spiro atoms. The van der Waals surface area contributed by atoms with Crippen LogP contribution in [0.1, 0.15) is 15.9 Å². The molecule has 0 saturated carbocycles. The molecule has 1 atom stereocenters. The first-order chi connectivity index (χ1) is 12.3. The molecule has 1 unspecified atom stereocenters. The van der Waals surface area contributed by atoms with Gasteiger partial charge in [0.15, 0.2) is 5.11 Å². The lowest BCUT2D eigenvalue weighted by atomic mass is 10.1. The second-order valence-electron chi connectivity index (χ2n) is 5.38. The van der Waals surface area contributed by atoms with Crippen molar-refractivity contribution in [1.29, 1.82) is 0 Å². The van der Waals surface area contributed by atoms with Crippen molar-refractivity contribution in [2.24, 2.45) is 0 Å². The maximum atomic E-state index is 12.4. The fourth-order valence-corrected chi connectivity index (χ4v) is 3.01. The van der Waals surface area contributed by atoms with Crippen LogP contribution >= 0.6 is 58.6 Å². The van der Waals surface area contributed by atoms with Crippen LogP contribution in [0.2, 0.25) is 10.0 Å². The molecule has 0 aliphatic heterocycles. The molecule has 1 amide bonds. The number of amides is 1. The minimum Gasteiger partial charge on any atom is -0.340 e. The van der Waals surface area contributed by atoms with Gasteiger partial charge in [-0.15, -0.1) is 23.2 Å². The highest BCUT2D eigenvalue weighted by Crippen LogP contribution is 2.25. The first-order valence-electron chi connectivity index (χ1n) is 7.44. The van der Waals surface area contributed by atoms with Gasteiger partial charge < -0.3 is 16.0 Å². The third-order valence-corrected chi connectivity index (χ3v) is 4.56. The van der Waals surface area contributed by atoms with Gasteiger partial charge >= 0.3 is 0 Å². The van der Waals surface area contributed by atoms with Gasteiger partial charge in [-0.1, -0.05) is 40.9 Å². The van der Waals surface area contributed by atoms with Crippen LogP contribution in [0, 0.1) is 6.92 Å². The van der Waals surface area contributed by atoms with Gasteiger partial charge in [-0.05, 0) is 49.5 Å². The molecule has 0 aromatic heterocycles. The van der Waals surface area contributed by atoms with Gasteiger partial charge in [0.05, 0.1) is 10.7 Å². The van der Waals surface area contributed by atoms with Gasteiger partial charge in [-0.25, -0.2) is 0 Å². The Morgan fingerprint density at radius 2 is 1.81 bits per heavy atom. The van der Waals surface area contributed by atoms with E-state index in [1.165, 1.54) is 0 Å². The number of anilines is 1. The van der Waals surface area contributed by atoms with Crippen LogP contribution in [0.3, 0.4) is 0 Å². The molecule has 3 N–H and O–H groups in total. The highest BCUT2D eigenvalue weighted by atomic mass is 35.5. The fourth-order valence-electron chi connectivity index (χ4n) is 2.06. The van der Waals surface area contributed by atoms with E-state index in [2.05, 4.69) is 16.0 Å². The zero-order valence-corrected chi connectivity index (χ0v) is 17.4. The summed E-state index contributed by atoms with van der Waals surface area (Å²) >= 11 is 29.1. The molecule has 0 aliphatic rings. The molecule has 0 heterocycles. The van der Waals surface area contributed by atoms with Crippen LogP contribution in [0.5, 0.6) is 0 Å². The van der Waals surface area contributed by atoms with E-state index < -0.39 is 11.0 Å². The number of aryl methyl sites for hydroxylation is 1. The molecular formula is C17H15Cl4N3OS. The van der Waals surface area contributed by atoms with Gasteiger partial charge in [-0.2, -0.15) is 0 Å². The molecule has 26 heavy (non-hydrogen) atoms. The van der Waals surface area contributed by atoms with E-state index >= 15 is 0 Å². The Balaban J connectivity index is 2.03. The predicted octanol–water partition coefficient (Wildman–Crippen LogP) is 5.15. The highest BCUT2D eigenvalue weighted by Gasteiger charge is 2.21. The zero-order valence-electron chi connectivity index (χ0n) is 13.5. The van der Waals surface area contributed by atoms with Gasteiger partial charge in [0, 0.05) is 10.6 Å². The molecule has 4 nitrogen and oxygen atoms in total. The lowest BCUT2D eigenvalue weighted by Crippen LogP contribution is -2.52. The van der Waals surface area contributed by atoms with Crippen molar-refractivity contribution in [3.63, 3.8) is 0 Å². The van der Waals surface area contributed by atoms with Crippen LogP contribution < -0.4 is 16.0 Å². The SMILES string of the molecule is Cc1cccc(C(=O)NC(NC(=S)Nc2ccc(Cl)cc2Cl)C(Cl)Cl)c1. The van der Waals surface area contributed by atoms with E-state index in [1.807, 2.05) is 13.0 Å². The van der Waals surface area contributed by atoms with Crippen LogP contribution in [0.25, 0.3) is 0 Å². The van der Waals surface area contributed by atoms with E-state index in [0.29, 0.717) is 21.3 Å². The summed E-state index contributed by atoms with van der Waals surface area (Å²) in [5.74, 6) is -0.329. The van der Waals surface area contributed by atoms with Gasteiger partial charge in [-0.3, -0.25) is 4.79 Å². The molecule has 9 heteroatoms. The number of benzene rings is 2. The summed E-state index contributed by atoms with van der Waals surface area (Å²) in [6, 6.07) is 12.1. The standard InChI is InChI=1S/C17H15Cl4N3OS/c1-9-3-2-4-10(7-9)16(25)23-15(14(20)21)24-17(26)22-13-6-5-11(18)8-12(13)19/h2-8,14-15H,1H3,(H,23,25)(H2,22,24,26). The van der Waals surface area contributed by atoms with Crippen LogP contribution in [-0.2, 0) is 0 Å². The van der Waals surface area contributed by atoms with Crippen LogP contribution in [-0.4, -0.2) is 22.0 Å². The number of carbonyl (C=O) groups excluding carboxylic acids is 1. The summed E-state index contributed by atoms with van der Waals surface area (Å²) < 4.78 is 0. The van der Waals surface area contributed by atoms with Crippen molar-refractivity contribution in [3.8, 4) is 0 Å². The van der Waals surface area contributed by atoms with Gasteiger partial charge in [0.1, 0.15) is 11.0 Å². The topological polar surface area (TPSA) is 53.2 Å². The molecule has 0 fully saturated rings. The minimum absolute atomic E-state index is 0.190. The van der Waals surface area contributed by atoms with Crippen molar-refractivity contribution in [2.45, 2.75) is 17.9 Å². The van der Waals surface area contributed by atoms with Crippen molar-refractivity contribution in [1.82, 2.24) is 10.6 Å². The van der Waals surface area contributed by atoms with Crippen molar-refractivity contribution in [3.05, 3.63) is 63.6 Å². The van der Waals surface area contributed by atoms with E-state index in [9.17, 15) is 4.79 Å². The number of carbonyl (C=O) groups is 1. The summed E-state index contributed by atoms with van der Waals surface area (Å²) in [6.07, 6.45) is -0.808. The summed E-state index contributed by atoms with van der Waals surface area (Å²) in [5.41, 5.74) is 2.01. The maximum Gasteiger partial charge on any atom is 0.252 e. The van der Waals surface area contributed by atoms with Crippen LogP contribution in [0.15, 0.2) is 42.5 Å². The van der Waals surface area contributed by atoms with E-state index in [0.717, 1.165) is 5.56 Å². The second-order valence-corrected chi connectivity index (χ2v) is 7.79. The average molecular weight is 451 g/mol. The highest BCUT2D eigenvalue weighted by molar-refractivity contribution is 7.80. The second kappa shape index (κ2) is 9.62. The minimum atomic E-state index is -0.941.